The summed E-state index contributed by atoms with van der Waals surface area (Å²) in [6, 6.07) is 3.01. The molecule has 1 saturated heterocycles. The third-order valence-electron chi connectivity index (χ3n) is 9.79. The normalized spacial score (nSPS) is 16.7. The van der Waals surface area contributed by atoms with Crippen molar-refractivity contribution in [1.82, 2.24) is 35.7 Å². The number of benzene rings is 1. The van der Waals surface area contributed by atoms with Crippen molar-refractivity contribution in [2.45, 2.75) is 122 Å². The van der Waals surface area contributed by atoms with Gasteiger partial charge >= 0.3 is 7.82 Å². The molecule has 9 N–H and O–H groups in total. The van der Waals surface area contributed by atoms with Crippen LogP contribution in [0.5, 0.6) is 0 Å². The molecule has 3 rings (SSSR count). The molecule has 2 aromatic rings. The van der Waals surface area contributed by atoms with Crippen molar-refractivity contribution < 1.29 is 57.6 Å². The summed E-state index contributed by atoms with van der Waals surface area (Å²) in [5, 5.41) is 24.1. The summed E-state index contributed by atoms with van der Waals surface area (Å²) in [6.45, 7) is 6.41. The van der Waals surface area contributed by atoms with Crippen LogP contribution in [0.3, 0.4) is 0 Å². The van der Waals surface area contributed by atoms with Crippen molar-refractivity contribution in [3.8, 4) is 0 Å². The number of aryl methyl sites for hydroxylation is 1. The minimum Gasteiger partial charge on any atom is -0.396 e. The first-order chi connectivity index (χ1) is 28.9. The second-order valence-electron chi connectivity index (χ2n) is 15.2. The Kier molecular flexibility index (Phi) is 20.5. The van der Waals surface area contributed by atoms with Gasteiger partial charge in [-0.1, -0.05) is 49.3 Å². The van der Waals surface area contributed by atoms with Crippen LogP contribution in [-0.4, -0.2) is 127 Å². The first kappa shape index (κ1) is 50.1. The Balaban J connectivity index is 1.76. The Morgan fingerprint density at radius 1 is 0.967 bits per heavy atom. The smallest absolute Gasteiger partial charge is 0.396 e. The van der Waals surface area contributed by atoms with E-state index in [-0.39, 0.29) is 24.7 Å². The number of imidazole rings is 1. The van der Waals surface area contributed by atoms with E-state index in [9.17, 15) is 48.2 Å². The van der Waals surface area contributed by atoms with Gasteiger partial charge in [-0.2, -0.15) is 0 Å². The van der Waals surface area contributed by atoms with Gasteiger partial charge in [-0.25, -0.2) is 9.55 Å². The zero-order valence-corrected chi connectivity index (χ0v) is 35.9. The minimum atomic E-state index is -5.12. The largest absolute Gasteiger partial charge is 0.469 e. The highest BCUT2D eigenvalue weighted by Crippen LogP contribution is 2.38. The van der Waals surface area contributed by atoms with Crippen LogP contribution in [0.25, 0.3) is 0 Å². The quantitative estimate of drug-likeness (QED) is 0.0264. The Hall–Kier alpha value is -5.21. The van der Waals surface area contributed by atoms with Crippen molar-refractivity contribution in [1.29, 1.82) is 0 Å². The van der Waals surface area contributed by atoms with Gasteiger partial charge in [-0.15, -0.1) is 0 Å². The molecule has 0 bridgehead atoms. The maximum absolute atomic E-state index is 14.0. The number of amides is 6. The van der Waals surface area contributed by atoms with Crippen LogP contribution in [0.1, 0.15) is 77.5 Å². The first-order valence-electron chi connectivity index (χ1n) is 20.2. The number of rotatable bonds is 26. The summed E-state index contributed by atoms with van der Waals surface area (Å²) in [6.07, 6.45) is 7.03. The second-order valence-corrected chi connectivity index (χ2v) is 16.4. The van der Waals surface area contributed by atoms with Gasteiger partial charge in [0.05, 0.1) is 19.0 Å². The number of nitrogens with two attached hydrogens (primary N) is 1. The molecule has 0 spiro atoms. The Labute approximate surface area is 354 Å². The molecule has 6 atom stereocenters. The number of hydrogen-bond acceptors (Lipinski definition) is 12. The molecule has 0 aliphatic carbocycles. The summed E-state index contributed by atoms with van der Waals surface area (Å²) < 4.78 is 17.7. The summed E-state index contributed by atoms with van der Waals surface area (Å²) in [7, 11) is -5.12. The zero-order valence-electron chi connectivity index (χ0n) is 35.0. The van der Waals surface area contributed by atoms with Gasteiger partial charge in [0.25, 0.3) is 0 Å². The molecule has 21 nitrogen and oxygen atoms in total. The standard InChI is InChI=1S/C39H60N9O12P/c1-25(2)20-30(44-39(55)33-14-11-18-48(33)27(4)50)36(52)43-31(37(53)45-32(23-49)38(54)46-34(35(40)51)26(3)60-61(56,57)58)21-29-22-41-24-47(29)17-9-6-10-19-59-42-16-15-28-12-7-5-8-13-28/h5,7-8,12-13,16,22,24-26,30-34,49H,6,9-11,14-15,17-21,23H2,1-4H3,(H2,40,51)(H,43,52)(H,44,55)(H,45,53)(H,46,54)(H2,56,57,58)/b42-16+/t26-,30+,31+,32+,33+,34+/m1/s1. The Morgan fingerprint density at radius 2 is 1.64 bits per heavy atom. The number of nitrogens with one attached hydrogen (secondary N) is 4. The van der Waals surface area contributed by atoms with Crippen LogP contribution in [0.15, 0.2) is 48.0 Å². The maximum atomic E-state index is 14.0. The predicted molar refractivity (Wildman–Crippen MR) is 221 cm³/mol. The monoisotopic (exact) mass is 877 g/mol. The first-order valence-corrected chi connectivity index (χ1v) is 21.7. The summed E-state index contributed by atoms with van der Waals surface area (Å²) in [5.41, 5.74) is 6.98. The van der Waals surface area contributed by atoms with Crippen LogP contribution in [0.4, 0.5) is 0 Å². The number of likely N-dealkylation sites (tertiary alicyclic amines) is 1. The lowest BCUT2D eigenvalue weighted by atomic mass is 10.0. The van der Waals surface area contributed by atoms with E-state index in [1.54, 1.807) is 17.1 Å². The molecule has 6 amide bonds. The Morgan fingerprint density at radius 3 is 2.28 bits per heavy atom. The number of nitrogens with zero attached hydrogens (tertiary/aromatic N) is 4. The van der Waals surface area contributed by atoms with Crippen LogP contribution in [-0.2, 0) is 62.1 Å². The summed E-state index contributed by atoms with van der Waals surface area (Å²) >= 11 is 0. The van der Waals surface area contributed by atoms with E-state index in [2.05, 4.69) is 35.9 Å². The van der Waals surface area contributed by atoms with E-state index in [1.165, 1.54) is 18.0 Å². The summed E-state index contributed by atoms with van der Waals surface area (Å²) in [5.74, 6) is -4.94. The van der Waals surface area contributed by atoms with Gasteiger partial charge in [0.1, 0.15) is 36.8 Å². The highest BCUT2D eigenvalue weighted by molar-refractivity contribution is 7.46. The summed E-state index contributed by atoms with van der Waals surface area (Å²) in [4.78, 5) is 108. The number of oxime groups is 1. The van der Waals surface area contributed by atoms with Crippen molar-refractivity contribution in [2.75, 3.05) is 19.8 Å². The molecule has 1 aromatic heterocycles. The number of aliphatic hydroxyl groups excluding tert-OH is 1. The van der Waals surface area contributed by atoms with Gasteiger partial charge in [-0.05, 0) is 56.9 Å². The number of aromatic nitrogens is 2. The van der Waals surface area contributed by atoms with Gasteiger partial charge in [0.2, 0.25) is 35.4 Å². The highest BCUT2D eigenvalue weighted by atomic mass is 31.2. The number of carbonyl (C=O) groups is 6. The van der Waals surface area contributed by atoms with E-state index in [1.807, 2.05) is 44.2 Å². The fourth-order valence-corrected chi connectivity index (χ4v) is 7.26. The molecule has 0 saturated carbocycles. The molecule has 1 aliphatic heterocycles. The lowest BCUT2D eigenvalue weighted by molar-refractivity contribution is -0.139. The topological polar surface area (TPSA) is 306 Å². The van der Waals surface area contributed by atoms with Gasteiger partial charge in [0.15, 0.2) is 0 Å². The molecule has 1 aromatic carbocycles. The Bertz CT molecular complexity index is 1840. The van der Waals surface area contributed by atoms with Crippen molar-refractivity contribution in [2.24, 2.45) is 16.8 Å². The van der Waals surface area contributed by atoms with Gasteiger partial charge in [0, 0.05) is 51.0 Å². The van der Waals surface area contributed by atoms with Crippen LogP contribution in [0.2, 0.25) is 0 Å². The number of unbranched alkanes of at least 4 members (excludes halogenated alkanes) is 2. The lowest BCUT2D eigenvalue weighted by Gasteiger charge is -2.28. The van der Waals surface area contributed by atoms with Crippen molar-refractivity contribution >= 4 is 49.5 Å². The molecule has 0 radical (unpaired) electrons. The number of carbonyl (C=O) groups excluding carboxylic acids is 6. The SMILES string of the molecule is CC(=O)N1CCC[C@H]1C(=O)N[C@@H](CC(C)C)C(=O)N[C@@H](Cc1cncn1CCCCCO/N=C/Cc1ccccc1)C(=O)N[C@@H](CO)C(=O)N[C@H](C(N)=O)[C@@H](C)OP(=O)(O)O. The third kappa shape index (κ3) is 17.4. The van der Waals surface area contributed by atoms with Gasteiger partial charge < -0.3 is 56.2 Å². The number of hydrogen-bond donors (Lipinski definition) is 8. The minimum absolute atomic E-state index is 0.0960. The molecule has 61 heavy (non-hydrogen) atoms. The van der Waals surface area contributed by atoms with Crippen LogP contribution >= 0.6 is 7.82 Å². The molecule has 1 fully saturated rings. The molecule has 1 aliphatic rings. The van der Waals surface area contributed by atoms with Crippen molar-refractivity contribution in [3.63, 3.8) is 0 Å². The average Bonchev–Trinajstić information content (AvgIpc) is 3.87. The van der Waals surface area contributed by atoms with Crippen LogP contribution < -0.4 is 27.0 Å². The maximum Gasteiger partial charge on any atom is 0.469 e. The van der Waals surface area contributed by atoms with Crippen LogP contribution in [0, 0.1) is 5.92 Å². The fourth-order valence-electron chi connectivity index (χ4n) is 6.70. The molecule has 0 unspecified atom stereocenters. The molecule has 22 heteroatoms. The number of aliphatic hydroxyl groups is 1. The number of phosphoric acid groups is 1. The van der Waals surface area contributed by atoms with Gasteiger partial charge in [-0.3, -0.25) is 33.3 Å². The molecule has 2 heterocycles. The number of primary amides is 1. The third-order valence-corrected chi connectivity index (χ3v) is 10.4. The molecule has 338 valence electrons. The fraction of sp³-hybridized carbons (Fsp3) is 0.590. The van der Waals surface area contributed by atoms with E-state index in [0.29, 0.717) is 57.5 Å². The van der Waals surface area contributed by atoms with Crippen molar-refractivity contribution in [3.05, 3.63) is 54.1 Å². The number of phosphoric ester groups is 1. The lowest BCUT2D eigenvalue weighted by Crippen LogP contribution is -2.61. The average molecular weight is 878 g/mol. The second kappa shape index (κ2) is 24.9. The molecular formula is C39H60N9O12P. The van der Waals surface area contributed by atoms with E-state index < -0.39 is 80.3 Å². The van der Waals surface area contributed by atoms with E-state index in [4.69, 9.17) is 10.6 Å². The van der Waals surface area contributed by atoms with E-state index in [0.717, 1.165) is 18.9 Å². The predicted octanol–water partition coefficient (Wildman–Crippen LogP) is -0.187. The zero-order chi connectivity index (χ0) is 45.1. The van der Waals surface area contributed by atoms with E-state index >= 15 is 0 Å². The highest BCUT2D eigenvalue weighted by Gasteiger charge is 2.37. The molecular weight excluding hydrogens is 817 g/mol.